The summed E-state index contributed by atoms with van der Waals surface area (Å²) in [6.45, 7) is 7.65. The molecule has 1 heteroatoms. The molecule has 0 aromatic heterocycles. The van der Waals surface area contributed by atoms with Crippen molar-refractivity contribution in [2.75, 3.05) is 0 Å². The summed E-state index contributed by atoms with van der Waals surface area (Å²) in [5.74, 6) is 12.9. The smallest absolute Gasteiger partial charge is 0.00985 e. The van der Waals surface area contributed by atoms with Gasteiger partial charge in [0, 0.05) is 6.04 Å². The molecule has 0 aromatic rings. The minimum atomic E-state index is 0.534. The van der Waals surface area contributed by atoms with Crippen molar-refractivity contribution in [1.82, 2.24) is 0 Å². The van der Waals surface area contributed by atoms with Gasteiger partial charge in [-0.15, -0.1) is 0 Å². The second-order valence-electron chi connectivity index (χ2n) is 14.5. The molecule has 0 aromatic carbocycles. The van der Waals surface area contributed by atoms with Crippen LogP contribution in [0, 0.1) is 76.9 Å². The molecule has 0 radical (unpaired) electrons. The molecule has 0 aliphatic heterocycles. The highest BCUT2D eigenvalue weighted by molar-refractivity contribution is 5.03. The molecule has 1 nitrogen and oxygen atoms in total. The molecule has 0 saturated heterocycles. The molecule has 6 rings (SSSR count). The predicted molar refractivity (Wildman–Crippen MR) is 135 cm³/mol. The lowest BCUT2D eigenvalue weighted by Crippen LogP contribution is -2.53. The van der Waals surface area contributed by atoms with E-state index in [4.69, 9.17) is 5.73 Å². The first-order valence-electron chi connectivity index (χ1n) is 15.2. The van der Waals surface area contributed by atoms with E-state index in [1.807, 2.05) is 0 Å². The van der Waals surface area contributed by atoms with Gasteiger partial charge in [0.15, 0.2) is 0 Å². The lowest BCUT2D eigenvalue weighted by molar-refractivity contribution is -0.0261. The van der Waals surface area contributed by atoms with Gasteiger partial charge in [0.1, 0.15) is 0 Å². The van der Waals surface area contributed by atoms with Crippen LogP contribution in [0.3, 0.4) is 0 Å². The van der Waals surface area contributed by atoms with Crippen LogP contribution in [0.25, 0.3) is 0 Å². The molecule has 6 saturated carbocycles. The fourth-order valence-electron chi connectivity index (χ4n) is 11.7. The van der Waals surface area contributed by atoms with Crippen LogP contribution in [0.1, 0.15) is 111 Å². The van der Waals surface area contributed by atoms with Crippen LogP contribution in [-0.4, -0.2) is 6.04 Å². The van der Waals surface area contributed by atoms with E-state index >= 15 is 0 Å². The van der Waals surface area contributed by atoms with Crippen molar-refractivity contribution in [3.05, 3.63) is 0 Å². The Bertz CT molecular complexity index is 655. The first kappa shape index (κ1) is 22.4. The molecule has 6 bridgehead atoms. The van der Waals surface area contributed by atoms with Gasteiger partial charge in [-0.3, -0.25) is 0 Å². The van der Waals surface area contributed by atoms with E-state index < -0.39 is 0 Å². The molecule has 2 N–H and O–H groups in total. The maximum Gasteiger partial charge on any atom is 0.00985 e. The normalized spacial score (nSPS) is 55.6. The Morgan fingerprint density at radius 2 is 1.22 bits per heavy atom. The molecule has 6 aliphatic rings. The van der Waals surface area contributed by atoms with Crippen LogP contribution in [-0.2, 0) is 0 Å². The first-order valence-corrected chi connectivity index (χ1v) is 15.2. The maximum atomic E-state index is 7.11. The molecule has 6 aliphatic carbocycles. The van der Waals surface area contributed by atoms with Gasteiger partial charge >= 0.3 is 0 Å². The van der Waals surface area contributed by atoms with Crippen molar-refractivity contribution in [1.29, 1.82) is 0 Å². The monoisotopic (exact) mass is 439 g/mol. The van der Waals surface area contributed by atoms with Gasteiger partial charge < -0.3 is 5.73 Å². The number of nitrogens with two attached hydrogens (primary N) is 1. The Balaban J connectivity index is 1.21. The fraction of sp³-hybridized carbons (Fsp3) is 1.00. The Morgan fingerprint density at radius 3 is 2.00 bits per heavy atom. The molecule has 0 spiro atoms. The van der Waals surface area contributed by atoms with Crippen molar-refractivity contribution in [3.63, 3.8) is 0 Å². The van der Waals surface area contributed by atoms with Crippen LogP contribution in [0.15, 0.2) is 0 Å². The summed E-state index contributed by atoms with van der Waals surface area (Å²) in [5, 5.41) is 0. The quantitative estimate of drug-likeness (QED) is 0.474. The first-order chi connectivity index (χ1) is 15.5. The van der Waals surface area contributed by atoms with E-state index in [1.54, 1.807) is 38.5 Å². The van der Waals surface area contributed by atoms with E-state index in [0.717, 1.165) is 76.9 Å². The van der Waals surface area contributed by atoms with Crippen LogP contribution < -0.4 is 5.73 Å². The third kappa shape index (κ3) is 3.83. The van der Waals surface area contributed by atoms with Crippen LogP contribution in [0.4, 0.5) is 0 Å². The molecule has 6 fully saturated rings. The minimum absolute atomic E-state index is 0.534. The SMILES string of the molecule is CC(C)C1C2CCC(C3CC4CCC(C5CC6CCCC(C5)C(C)C6)C(C3)C4N)C1CC2. The molecule has 13 unspecified atom stereocenters. The van der Waals surface area contributed by atoms with Gasteiger partial charge in [-0.05, 0) is 148 Å². The average Bonchev–Trinajstić information content (AvgIpc) is 2.84. The van der Waals surface area contributed by atoms with Gasteiger partial charge in [-0.2, -0.15) is 0 Å². The Hall–Kier alpha value is -0.0400. The Morgan fingerprint density at radius 1 is 0.562 bits per heavy atom. The molecular weight excluding hydrogens is 386 g/mol. The average molecular weight is 440 g/mol. The van der Waals surface area contributed by atoms with Gasteiger partial charge in [-0.25, -0.2) is 0 Å². The van der Waals surface area contributed by atoms with Crippen LogP contribution in [0.5, 0.6) is 0 Å². The van der Waals surface area contributed by atoms with Crippen LogP contribution >= 0.6 is 0 Å². The number of hydrogen-bond donors (Lipinski definition) is 1. The van der Waals surface area contributed by atoms with Crippen molar-refractivity contribution >= 4 is 0 Å². The molecular formula is C31H53N. The maximum absolute atomic E-state index is 7.11. The summed E-state index contributed by atoms with van der Waals surface area (Å²) in [5.41, 5.74) is 7.11. The minimum Gasteiger partial charge on any atom is -0.327 e. The van der Waals surface area contributed by atoms with E-state index in [2.05, 4.69) is 20.8 Å². The van der Waals surface area contributed by atoms with Gasteiger partial charge in [0.25, 0.3) is 0 Å². The van der Waals surface area contributed by atoms with Gasteiger partial charge in [0.2, 0.25) is 0 Å². The van der Waals surface area contributed by atoms with Gasteiger partial charge in [-0.1, -0.05) is 40.0 Å². The Kier molecular flexibility index (Phi) is 6.22. The van der Waals surface area contributed by atoms with E-state index in [0.29, 0.717) is 6.04 Å². The topological polar surface area (TPSA) is 26.0 Å². The Labute approximate surface area is 199 Å². The van der Waals surface area contributed by atoms with E-state index in [9.17, 15) is 0 Å². The summed E-state index contributed by atoms with van der Waals surface area (Å²) in [4.78, 5) is 0. The lowest BCUT2D eigenvalue weighted by Gasteiger charge is -2.54. The third-order valence-corrected chi connectivity index (χ3v) is 12.9. The molecule has 32 heavy (non-hydrogen) atoms. The van der Waals surface area contributed by atoms with Crippen molar-refractivity contribution in [3.8, 4) is 0 Å². The number of fused-ring (bicyclic) bond motifs is 7. The highest BCUT2D eigenvalue weighted by Gasteiger charge is 2.52. The standard InChI is InChI=1S/C31H53N/c1-18(2)30-21-7-10-26(28(30)12-8-21)25-16-23-9-11-27(29(17-25)31(23)32)24-14-20-5-4-6-22(15-24)19(3)13-20/h18-31H,4-17,32H2,1-3H3. The lowest BCUT2D eigenvalue weighted by atomic mass is 9.53. The highest BCUT2D eigenvalue weighted by Crippen LogP contribution is 2.59. The summed E-state index contributed by atoms with van der Waals surface area (Å²) < 4.78 is 0. The highest BCUT2D eigenvalue weighted by atomic mass is 14.7. The molecule has 0 amide bonds. The summed E-state index contributed by atoms with van der Waals surface area (Å²) in [6.07, 6.45) is 21.5. The summed E-state index contributed by atoms with van der Waals surface area (Å²) in [7, 11) is 0. The van der Waals surface area contributed by atoms with Crippen molar-refractivity contribution in [2.24, 2.45) is 82.7 Å². The van der Waals surface area contributed by atoms with Gasteiger partial charge in [0.05, 0.1) is 0 Å². The van der Waals surface area contributed by atoms with Crippen molar-refractivity contribution in [2.45, 2.75) is 117 Å². The molecule has 13 atom stereocenters. The number of rotatable bonds is 3. The zero-order chi connectivity index (χ0) is 22.0. The largest absolute Gasteiger partial charge is 0.327 e. The van der Waals surface area contributed by atoms with Crippen molar-refractivity contribution < 1.29 is 0 Å². The predicted octanol–water partition coefficient (Wildman–Crippen LogP) is 7.93. The van der Waals surface area contributed by atoms with E-state index in [1.165, 1.54) is 51.4 Å². The third-order valence-electron chi connectivity index (χ3n) is 12.9. The fourth-order valence-corrected chi connectivity index (χ4v) is 11.7. The van der Waals surface area contributed by atoms with E-state index in [-0.39, 0.29) is 0 Å². The zero-order valence-corrected chi connectivity index (χ0v) is 21.6. The second-order valence-corrected chi connectivity index (χ2v) is 14.5. The second kappa shape index (κ2) is 8.87. The molecule has 0 heterocycles. The number of hydrogen-bond acceptors (Lipinski definition) is 1. The molecule has 182 valence electrons. The van der Waals surface area contributed by atoms with Crippen LogP contribution in [0.2, 0.25) is 0 Å². The summed E-state index contributed by atoms with van der Waals surface area (Å²) >= 11 is 0. The summed E-state index contributed by atoms with van der Waals surface area (Å²) in [6, 6.07) is 0.534. The zero-order valence-electron chi connectivity index (χ0n) is 21.6.